The third-order valence-electron chi connectivity index (χ3n) is 4.92. The smallest absolute Gasteiger partial charge is 0.296 e. The van der Waals surface area contributed by atoms with Crippen LogP contribution >= 0.6 is 11.6 Å². The maximum absolute atomic E-state index is 12.2. The van der Waals surface area contributed by atoms with E-state index in [2.05, 4.69) is 15.0 Å². The number of rotatable bonds is 12. The van der Waals surface area contributed by atoms with E-state index in [0.29, 0.717) is 35.6 Å². The molecule has 0 unspecified atom stereocenters. The topological polar surface area (TPSA) is 84.9 Å². The number of ketones is 1. The number of unbranched alkanes of at least 4 members (excludes halogenated alkanes) is 4. The monoisotopic (exact) mass is 439 g/mol. The van der Waals surface area contributed by atoms with Crippen LogP contribution in [-0.4, -0.2) is 27.3 Å². The van der Waals surface area contributed by atoms with E-state index >= 15 is 0 Å². The van der Waals surface area contributed by atoms with Crippen LogP contribution in [0.3, 0.4) is 0 Å². The van der Waals surface area contributed by atoms with Gasteiger partial charge in [-0.25, -0.2) is 4.98 Å². The van der Waals surface area contributed by atoms with Gasteiger partial charge in [-0.2, -0.15) is 0 Å². The Labute approximate surface area is 186 Å². The summed E-state index contributed by atoms with van der Waals surface area (Å²) >= 11 is 5.84. The van der Waals surface area contributed by atoms with Gasteiger partial charge in [0.05, 0.1) is 6.61 Å². The van der Waals surface area contributed by atoms with Gasteiger partial charge in [-0.1, -0.05) is 36.9 Å². The van der Waals surface area contributed by atoms with Crippen LogP contribution in [0.5, 0.6) is 6.01 Å². The van der Waals surface area contributed by atoms with Crippen molar-refractivity contribution in [3.63, 3.8) is 0 Å². The number of nitrogens with zero attached hydrogens (tertiary/aromatic N) is 2. The van der Waals surface area contributed by atoms with Crippen molar-refractivity contribution in [3.8, 4) is 6.01 Å². The van der Waals surface area contributed by atoms with E-state index in [1.165, 1.54) is 0 Å². The van der Waals surface area contributed by atoms with Gasteiger partial charge in [0.2, 0.25) is 0 Å². The fraction of sp³-hybridized carbons (Fsp3) is 0.333. The quantitative estimate of drug-likeness (QED) is 0.316. The minimum Gasteiger partial charge on any atom is -0.465 e. The second-order valence-electron chi connectivity index (χ2n) is 7.38. The molecule has 0 aliphatic rings. The highest BCUT2D eigenvalue weighted by atomic mass is 35.5. The van der Waals surface area contributed by atoms with Crippen LogP contribution in [0.15, 0.2) is 59.8 Å². The Morgan fingerprint density at radius 3 is 2.52 bits per heavy atom. The summed E-state index contributed by atoms with van der Waals surface area (Å²) in [6, 6.07) is 11.0. The Morgan fingerprint density at radius 1 is 1.00 bits per heavy atom. The zero-order chi connectivity index (χ0) is 21.9. The summed E-state index contributed by atoms with van der Waals surface area (Å²) in [5, 5.41) is 0.638. The van der Waals surface area contributed by atoms with Gasteiger partial charge < -0.3 is 4.74 Å². The average Bonchev–Trinajstić information content (AvgIpc) is 2.78. The molecule has 6 nitrogen and oxygen atoms in total. The Morgan fingerprint density at radius 2 is 1.77 bits per heavy atom. The maximum atomic E-state index is 12.2. The number of aromatic amines is 1. The molecule has 0 fully saturated rings. The van der Waals surface area contributed by atoms with Crippen molar-refractivity contribution in [1.82, 2.24) is 15.0 Å². The number of ether oxygens (including phenoxy) is 1. The predicted octanol–water partition coefficient (Wildman–Crippen LogP) is 5.01. The minimum absolute atomic E-state index is 0.155. The SMILES string of the molecule is O=C(CCCCCCCOc1ncc(Cc2cccnc2)c(=O)[nH]1)c1ccc(Cl)cc1. The first-order chi connectivity index (χ1) is 15.1. The third kappa shape index (κ3) is 7.64. The van der Waals surface area contributed by atoms with Gasteiger partial charge >= 0.3 is 0 Å². The number of H-pyrrole nitrogens is 1. The fourth-order valence-corrected chi connectivity index (χ4v) is 3.32. The number of hydrogen-bond acceptors (Lipinski definition) is 5. The lowest BCUT2D eigenvalue weighted by atomic mass is 10.0. The van der Waals surface area contributed by atoms with E-state index in [1.54, 1.807) is 42.9 Å². The van der Waals surface area contributed by atoms with Crippen molar-refractivity contribution in [2.45, 2.75) is 44.9 Å². The highest BCUT2D eigenvalue weighted by Gasteiger charge is 2.06. The van der Waals surface area contributed by atoms with E-state index in [9.17, 15) is 9.59 Å². The lowest BCUT2D eigenvalue weighted by Crippen LogP contribution is -2.16. The van der Waals surface area contributed by atoms with E-state index in [1.807, 2.05) is 12.1 Å². The lowest BCUT2D eigenvalue weighted by Gasteiger charge is -2.06. The van der Waals surface area contributed by atoms with E-state index in [4.69, 9.17) is 16.3 Å². The number of carbonyl (C=O) groups excluding carboxylic acids is 1. The summed E-state index contributed by atoms with van der Waals surface area (Å²) < 4.78 is 5.56. The molecule has 0 amide bonds. The molecule has 0 saturated carbocycles. The summed E-state index contributed by atoms with van der Waals surface area (Å²) in [6.45, 7) is 0.495. The largest absolute Gasteiger partial charge is 0.465 e. The number of carbonyl (C=O) groups is 1. The molecule has 0 aliphatic heterocycles. The van der Waals surface area contributed by atoms with E-state index in [-0.39, 0.29) is 17.4 Å². The molecule has 1 aromatic carbocycles. The average molecular weight is 440 g/mol. The molecule has 0 saturated heterocycles. The summed E-state index contributed by atoms with van der Waals surface area (Å²) in [6.07, 6.45) is 10.8. The van der Waals surface area contributed by atoms with Crippen molar-refractivity contribution in [1.29, 1.82) is 0 Å². The van der Waals surface area contributed by atoms with Gasteiger partial charge in [-0.15, -0.1) is 0 Å². The summed E-state index contributed by atoms with van der Waals surface area (Å²) in [5.41, 5.74) is 2.05. The molecule has 7 heteroatoms. The van der Waals surface area contributed by atoms with Crippen LogP contribution in [-0.2, 0) is 6.42 Å². The Kier molecular flexibility index (Phi) is 8.79. The number of hydrogen-bond donors (Lipinski definition) is 1. The molecule has 2 aromatic heterocycles. The van der Waals surface area contributed by atoms with Crippen LogP contribution in [0.25, 0.3) is 0 Å². The standard InChI is InChI=1S/C24H26ClN3O3/c25-21-11-9-19(10-12-21)22(29)8-4-2-1-3-5-14-31-24-27-17-20(23(30)28-24)15-18-7-6-13-26-16-18/h6-7,9-13,16-17H,1-5,8,14-15H2,(H,27,28,30). The van der Waals surface area contributed by atoms with Crippen molar-refractivity contribution < 1.29 is 9.53 Å². The molecule has 0 spiro atoms. The number of benzene rings is 1. The molecular formula is C24H26ClN3O3. The Hall–Kier alpha value is -2.99. The van der Waals surface area contributed by atoms with Gasteiger partial charge in [0, 0.05) is 47.6 Å². The molecule has 3 rings (SSSR count). The normalized spacial score (nSPS) is 10.7. The minimum atomic E-state index is -0.195. The Bertz CT molecular complexity index is 1020. The lowest BCUT2D eigenvalue weighted by molar-refractivity contribution is 0.0979. The van der Waals surface area contributed by atoms with Gasteiger partial charge in [-0.05, 0) is 48.7 Å². The highest BCUT2D eigenvalue weighted by Crippen LogP contribution is 2.14. The summed E-state index contributed by atoms with van der Waals surface area (Å²) in [5.74, 6) is 0.155. The van der Waals surface area contributed by atoms with Crippen LogP contribution in [0.2, 0.25) is 5.02 Å². The number of nitrogens with one attached hydrogen (secondary N) is 1. The molecule has 0 bridgehead atoms. The van der Waals surface area contributed by atoms with Crippen LogP contribution in [0, 0.1) is 0 Å². The van der Waals surface area contributed by atoms with Crippen LogP contribution < -0.4 is 10.3 Å². The first kappa shape index (κ1) is 22.7. The van der Waals surface area contributed by atoms with Gasteiger partial charge in [0.15, 0.2) is 5.78 Å². The van der Waals surface area contributed by atoms with Crippen LogP contribution in [0.1, 0.15) is 60.0 Å². The molecule has 3 aromatic rings. The van der Waals surface area contributed by atoms with Crippen molar-refractivity contribution in [2.75, 3.05) is 6.61 Å². The number of pyridine rings is 1. The highest BCUT2D eigenvalue weighted by molar-refractivity contribution is 6.30. The van der Waals surface area contributed by atoms with E-state index in [0.717, 1.165) is 37.7 Å². The molecule has 0 atom stereocenters. The van der Waals surface area contributed by atoms with Crippen molar-refractivity contribution in [2.24, 2.45) is 0 Å². The maximum Gasteiger partial charge on any atom is 0.296 e. The summed E-state index contributed by atoms with van der Waals surface area (Å²) in [7, 11) is 0. The van der Waals surface area contributed by atoms with Gasteiger partial charge in [-0.3, -0.25) is 19.6 Å². The molecule has 2 heterocycles. The summed E-state index contributed by atoms with van der Waals surface area (Å²) in [4.78, 5) is 35.2. The zero-order valence-corrected chi connectivity index (χ0v) is 18.1. The molecule has 162 valence electrons. The first-order valence-corrected chi connectivity index (χ1v) is 10.9. The molecule has 1 N–H and O–H groups in total. The number of halogens is 1. The second kappa shape index (κ2) is 12.0. The molecule has 0 radical (unpaired) electrons. The zero-order valence-electron chi connectivity index (χ0n) is 17.4. The third-order valence-corrected chi connectivity index (χ3v) is 5.17. The van der Waals surface area contributed by atoms with Gasteiger partial charge in [0.1, 0.15) is 0 Å². The van der Waals surface area contributed by atoms with Crippen LogP contribution in [0.4, 0.5) is 0 Å². The van der Waals surface area contributed by atoms with Crippen molar-refractivity contribution in [3.05, 3.63) is 87.1 Å². The van der Waals surface area contributed by atoms with Gasteiger partial charge in [0.25, 0.3) is 11.6 Å². The first-order valence-electron chi connectivity index (χ1n) is 10.5. The number of aromatic nitrogens is 3. The molecule has 0 aliphatic carbocycles. The number of Topliss-reactive ketones (excluding diaryl/α,β-unsaturated/α-hetero) is 1. The Balaban J connectivity index is 1.28. The predicted molar refractivity (Wildman–Crippen MR) is 121 cm³/mol. The molecular weight excluding hydrogens is 414 g/mol. The van der Waals surface area contributed by atoms with Crippen molar-refractivity contribution >= 4 is 17.4 Å². The molecule has 31 heavy (non-hydrogen) atoms. The fourth-order valence-electron chi connectivity index (χ4n) is 3.19. The van der Waals surface area contributed by atoms with E-state index < -0.39 is 0 Å². The second-order valence-corrected chi connectivity index (χ2v) is 7.81.